The van der Waals surface area contributed by atoms with Crippen LogP contribution in [0.5, 0.6) is 5.75 Å². The summed E-state index contributed by atoms with van der Waals surface area (Å²) in [5.41, 5.74) is 1.09. The summed E-state index contributed by atoms with van der Waals surface area (Å²) >= 11 is 0. The van der Waals surface area contributed by atoms with E-state index in [-0.39, 0.29) is 12.4 Å². The Morgan fingerprint density at radius 1 is 1.19 bits per heavy atom. The Morgan fingerprint density at radius 2 is 1.95 bits per heavy atom. The lowest BCUT2D eigenvalue weighted by molar-refractivity contribution is 0.266. The SMILES string of the molecule is CC(C)=C(O)COc1c2occc2cc2ccc(=O)oc12. The lowest BCUT2D eigenvalue weighted by atomic mass is 10.1. The lowest BCUT2D eigenvalue weighted by Gasteiger charge is -2.09. The third-order valence-corrected chi connectivity index (χ3v) is 3.21. The molecule has 5 nitrogen and oxygen atoms in total. The second kappa shape index (κ2) is 5.01. The van der Waals surface area contributed by atoms with Crippen molar-refractivity contribution in [3.8, 4) is 5.75 Å². The molecule has 108 valence electrons. The average molecular weight is 286 g/mol. The van der Waals surface area contributed by atoms with Crippen molar-refractivity contribution < 1.29 is 18.7 Å². The van der Waals surface area contributed by atoms with Crippen LogP contribution in [0.4, 0.5) is 0 Å². The third-order valence-electron chi connectivity index (χ3n) is 3.21. The fraction of sp³-hybridized carbons (Fsp3) is 0.188. The van der Waals surface area contributed by atoms with Gasteiger partial charge in [-0.05, 0) is 37.6 Å². The molecule has 2 aromatic heterocycles. The molecule has 0 aliphatic heterocycles. The molecule has 0 unspecified atom stereocenters. The van der Waals surface area contributed by atoms with Crippen LogP contribution in [0.15, 0.2) is 55.5 Å². The molecule has 1 aromatic carbocycles. The fourth-order valence-corrected chi connectivity index (χ4v) is 2.02. The van der Waals surface area contributed by atoms with Crippen molar-refractivity contribution in [2.45, 2.75) is 13.8 Å². The molecule has 0 aliphatic rings. The van der Waals surface area contributed by atoms with Crippen LogP contribution < -0.4 is 10.4 Å². The van der Waals surface area contributed by atoms with E-state index in [4.69, 9.17) is 13.6 Å². The van der Waals surface area contributed by atoms with Crippen LogP contribution in [0, 0.1) is 0 Å². The number of rotatable bonds is 3. The van der Waals surface area contributed by atoms with E-state index in [1.165, 1.54) is 12.3 Å². The molecule has 0 spiro atoms. The van der Waals surface area contributed by atoms with Crippen molar-refractivity contribution >= 4 is 21.9 Å². The van der Waals surface area contributed by atoms with Gasteiger partial charge in [-0.15, -0.1) is 0 Å². The first-order valence-corrected chi connectivity index (χ1v) is 6.48. The van der Waals surface area contributed by atoms with E-state index in [0.29, 0.717) is 16.9 Å². The van der Waals surface area contributed by atoms with Gasteiger partial charge in [0.2, 0.25) is 5.75 Å². The van der Waals surface area contributed by atoms with Gasteiger partial charge < -0.3 is 18.7 Å². The highest BCUT2D eigenvalue weighted by Crippen LogP contribution is 2.35. The Hall–Kier alpha value is -2.69. The number of hydrogen-bond acceptors (Lipinski definition) is 5. The molecule has 3 rings (SSSR count). The van der Waals surface area contributed by atoms with Gasteiger partial charge in [0.25, 0.3) is 0 Å². The summed E-state index contributed by atoms with van der Waals surface area (Å²) in [6.07, 6.45) is 1.54. The minimum Gasteiger partial charge on any atom is -0.509 e. The van der Waals surface area contributed by atoms with Gasteiger partial charge in [-0.3, -0.25) is 0 Å². The Kier molecular flexibility index (Phi) is 3.17. The number of aliphatic hydroxyl groups excluding tert-OH is 1. The minimum atomic E-state index is -0.468. The van der Waals surface area contributed by atoms with Crippen molar-refractivity contribution in [2.75, 3.05) is 6.61 Å². The van der Waals surface area contributed by atoms with Gasteiger partial charge in [-0.1, -0.05) is 0 Å². The molecule has 0 aliphatic carbocycles. The van der Waals surface area contributed by atoms with Crippen molar-refractivity contribution in [2.24, 2.45) is 0 Å². The Bertz CT molecular complexity index is 894. The molecule has 0 amide bonds. The monoisotopic (exact) mass is 286 g/mol. The molecule has 1 N–H and O–H groups in total. The maximum Gasteiger partial charge on any atom is 0.336 e. The van der Waals surface area contributed by atoms with E-state index in [2.05, 4.69) is 0 Å². The number of furan rings is 1. The van der Waals surface area contributed by atoms with Crippen LogP contribution >= 0.6 is 0 Å². The largest absolute Gasteiger partial charge is 0.509 e. The van der Waals surface area contributed by atoms with E-state index >= 15 is 0 Å². The average Bonchev–Trinajstić information content (AvgIpc) is 2.91. The molecule has 0 bridgehead atoms. The van der Waals surface area contributed by atoms with Crippen molar-refractivity contribution in [3.05, 3.63) is 52.3 Å². The van der Waals surface area contributed by atoms with Crippen LogP contribution in [-0.2, 0) is 0 Å². The van der Waals surface area contributed by atoms with E-state index in [1.54, 1.807) is 26.0 Å². The molecule has 3 aromatic rings. The predicted octanol–water partition coefficient (Wildman–Crippen LogP) is 3.77. The van der Waals surface area contributed by atoms with Gasteiger partial charge in [-0.2, -0.15) is 0 Å². The lowest BCUT2D eigenvalue weighted by Crippen LogP contribution is -2.04. The van der Waals surface area contributed by atoms with Crippen LogP contribution in [0.3, 0.4) is 0 Å². The maximum atomic E-state index is 11.4. The van der Waals surface area contributed by atoms with E-state index in [1.807, 2.05) is 6.07 Å². The summed E-state index contributed by atoms with van der Waals surface area (Å²) in [5.74, 6) is 0.447. The highest BCUT2D eigenvalue weighted by molar-refractivity contribution is 5.99. The normalized spacial score (nSPS) is 11.0. The molecule has 0 atom stereocenters. The molecule has 21 heavy (non-hydrogen) atoms. The summed E-state index contributed by atoms with van der Waals surface area (Å²) in [6, 6.07) is 6.67. The summed E-state index contributed by atoms with van der Waals surface area (Å²) < 4.78 is 16.3. The first-order chi connectivity index (χ1) is 10.1. The first-order valence-electron chi connectivity index (χ1n) is 6.48. The zero-order chi connectivity index (χ0) is 15.0. The highest BCUT2D eigenvalue weighted by atomic mass is 16.5. The summed E-state index contributed by atoms with van der Waals surface area (Å²) in [7, 11) is 0. The molecule has 0 radical (unpaired) electrons. The van der Waals surface area contributed by atoms with E-state index in [9.17, 15) is 9.90 Å². The van der Waals surface area contributed by atoms with Crippen LogP contribution in [0.1, 0.15) is 13.8 Å². The highest BCUT2D eigenvalue weighted by Gasteiger charge is 2.15. The number of benzene rings is 1. The minimum absolute atomic E-state index is 0.0180. The standard InChI is InChI=1S/C16H14O5/c1-9(2)12(17)8-20-16-14-11(5-6-19-14)7-10-3-4-13(18)21-15(10)16/h3-7,17H,8H2,1-2H3. The van der Waals surface area contributed by atoms with Crippen molar-refractivity contribution in [3.63, 3.8) is 0 Å². The second-order valence-corrected chi connectivity index (χ2v) is 4.95. The smallest absolute Gasteiger partial charge is 0.336 e. The van der Waals surface area contributed by atoms with E-state index < -0.39 is 5.63 Å². The fourth-order valence-electron chi connectivity index (χ4n) is 2.02. The molecule has 0 saturated heterocycles. The van der Waals surface area contributed by atoms with Gasteiger partial charge in [0.05, 0.1) is 6.26 Å². The van der Waals surface area contributed by atoms with Gasteiger partial charge in [0, 0.05) is 16.8 Å². The Labute approximate surface area is 120 Å². The van der Waals surface area contributed by atoms with E-state index in [0.717, 1.165) is 16.3 Å². The number of hydrogen-bond donors (Lipinski definition) is 1. The number of allylic oxidation sites excluding steroid dienone is 1. The first kappa shape index (κ1) is 13.3. The maximum absolute atomic E-state index is 11.4. The quantitative estimate of drug-likeness (QED) is 0.586. The van der Waals surface area contributed by atoms with Crippen molar-refractivity contribution in [1.82, 2.24) is 0 Å². The number of aliphatic hydroxyl groups is 1. The summed E-state index contributed by atoms with van der Waals surface area (Å²) in [5, 5.41) is 11.3. The number of fused-ring (bicyclic) bond motifs is 2. The zero-order valence-electron chi connectivity index (χ0n) is 11.7. The molecular weight excluding hydrogens is 272 g/mol. The molecule has 0 fully saturated rings. The van der Waals surface area contributed by atoms with Crippen LogP contribution in [0.2, 0.25) is 0 Å². The summed E-state index contributed by atoms with van der Waals surface area (Å²) in [6.45, 7) is 3.55. The summed E-state index contributed by atoms with van der Waals surface area (Å²) in [4.78, 5) is 11.4. The predicted molar refractivity (Wildman–Crippen MR) is 78.8 cm³/mol. The molecule has 0 saturated carbocycles. The molecule has 2 heterocycles. The Morgan fingerprint density at radius 3 is 2.71 bits per heavy atom. The topological polar surface area (TPSA) is 72.8 Å². The number of ether oxygens (including phenoxy) is 1. The van der Waals surface area contributed by atoms with Gasteiger partial charge in [0.15, 0.2) is 11.2 Å². The third kappa shape index (κ3) is 2.38. The second-order valence-electron chi connectivity index (χ2n) is 4.95. The Balaban J connectivity index is 2.20. The van der Waals surface area contributed by atoms with Crippen molar-refractivity contribution in [1.29, 1.82) is 0 Å². The molecular formula is C16H14O5. The zero-order valence-corrected chi connectivity index (χ0v) is 11.7. The van der Waals surface area contributed by atoms with Gasteiger partial charge in [0.1, 0.15) is 12.4 Å². The molecule has 5 heteroatoms. The van der Waals surface area contributed by atoms with Gasteiger partial charge >= 0.3 is 5.63 Å². The van der Waals surface area contributed by atoms with Gasteiger partial charge in [-0.25, -0.2) is 4.79 Å². The van der Waals surface area contributed by atoms with Crippen LogP contribution in [-0.4, -0.2) is 11.7 Å². The van der Waals surface area contributed by atoms with Crippen LogP contribution in [0.25, 0.3) is 21.9 Å².